The molecule has 3 aromatic heterocycles. The van der Waals surface area contributed by atoms with Gasteiger partial charge in [-0.15, -0.1) is 0 Å². The van der Waals surface area contributed by atoms with Crippen molar-refractivity contribution in [3.05, 3.63) is 58.8 Å². The molecule has 24 heavy (non-hydrogen) atoms. The number of H-pyrrole nitrogens is 2. The highest BCUT2D eigenvalue weighted by Gasteiger charge is 2.25. The number of rotatable bonds is 2. The number of carbonyl (C=O) groups excluding carboxylic acids is 1. The Hall–Kier alpha value is -2.87. The van der Waals surface area contributed by atoms with Gasteiger partial charge in [0.15, 0.2) is 5.17 Å². The van der Waals surface area contributed by atoms with Crippen molar-refractivity contribution in [1.82, 2.24) is 15.0 Å². The molecular formula is C16H13N5O2S. The van der Waals surface area contributed by atoms with Crippen molar-refractivity contribution in [3.8, 4) is 0 Å². The zero-order valence-electron chi connectivity index (χ0n) is 12.5. The minimum atomic E-state index is -0.351. The molecule has 0 aromatic carbocycles. The first kappa shape index (κ1) is 14.7. The molecule has 1 aliphatic rings. The average Bonchev–Trinajstić information content (AvgIpc) is 3.22. The highest BCUT2D eigenvalue weighted by molar-refractivity contribution is 8.14. The number of fused-ring (bicyclic) bond motifs is 1. The lowest BCUT2D eigenvalue weighted by Gasteiger charge is -2.16. The smallest absolute Gasteiger partial charge is 0.281 e. The number of nitrogens with one attached hydrogen (secondary N) is 2. The van der Waals surface area contributed by atoms with E-state index in [1.54, 1.807) is 41.7 Å². The zero-order chi connectivity index (χ0) is 16.5. The van der Waals surface area contributed by atoms with Crippen molar-refractivity contribution < 1.29 is 4.79 Å². The van der Waals surface area contributed by atoms with Gasteiger partial charge in [0, 0.05) is 36.3 Å². The summed E-state index contributed by atoms with van der Waals surface area (Å²) in [6, 6.07) is 7.08. The number of nitrogens with zero attached hydrogens (tertiary/aromatic N) is 3. The highest BCUT2D eigenvalue weighted by Crippen LogP contribution is 2.24. The number of hydrogen-bond acceptors (Lipinski definition) is 4. The Morgan fingerprint density at radius 2 is 2.21 bits per heavy atom. The van der Waals surface area contributed by atoms with Crippen LogP contribution in [0.25, 0.3) is 11.0 Å². The van der Waals surface area contributed by atoms with Crippen LogP contribution in [-0.2, 0) is 0 Å². The van der Waals surface area contributed by atoms with Gasteiger partial charge in [-0.25, -0.2) is 4.98 Å². The summed E-state index contributed by atoms with van der Waals surface area (Å²) >= 11 is 1.46. The van der Waals surface area contributed by atoms with Gasteiger partial charge in [0.25, 0.3) is 11.5 Å². The van der Waals surface area contributed by atoms with E-state index in [0.29, 0.717) is 28.6 Å². The average molecular weight is 339 g/mol. The Labute approximate surface area is 140 Å². The summed E-state index contributed by atoms with van der Waals surface area (Å²) < 4.78 is 0. The van der Waals surface area contributed by atoms with Crippen LogP contribution in [0.3, 0.4) is 0 Å². The van der Waals surface area contributed by atoms with E-state index in [4.69, 9.17) is 0 Å². The van der Waals surface area contributed by atoms with E-state index in [1.165, 1.54) is 11.8 Å². The van der Waals surface area contributed by atoms with Gasteiger partial charge in [0.1, 0.15) is 11.3 Å². The second-order valence-corrected chi connectivity index (χ2v) is 6.25. The van der Waals surface area contributed by atoms with Crippen LogP contribution in [0.1, 0.15) is 10.4 Å². The number of amidine groups is 1. The van der Waals surface area contributed by atoms with Gasteiger partial charge in [-0.1, -0.05) is 11.8 Å². The first-order valence-electron chi connectivity index (χ1n) is 7.37. The molecule has 0 spiro atoms. The Kier molecular flexibility index (Phi) is 3.66. The van der Waals surface area contributed by atoms with Crippen molar-refractivity contribution in [2.24, 2.45) is 4.99 Å². The molecule has 0 radical (unpaired) electrons. The predicted molar refractivity (Wildman–Crippen MR) is 94.7 cm³/mol. The van der Waals surface area contributed by atoms with E-state index in [-0.39, 0.29) is 11.5 Å². The molecule has 0 bridgehead atoms. The van der Waals surface area contributed by atoms with E-state index < -0.39 is 0 Å². The molecule has 2 N–H and O–H groups in total. The Morgan fingerprint density at radius 3 is 3.08 bits per heavy atom. The third kappa shape index (κ3) is 2.50. The van der Waals surface area contributed by atoms with Crippen LogP contribution in [0.2, 0.25) is 0 Å². The van der Waals surface area contributed by atoms with Crippen LogP contribution in [0.15, 0.2) is 52.6 Å². The van der Waals surface area contributed by atoms with Gasteiger partial charge < -0.3 is 14.9 Å². The summed E-state index contributed by atoms with van der Waals surface area (Å²) in [6.45, 7) is 0.638. The molecule has 120 valence electrons. The van der Waals surface area contributed by atoms with Crippen molar-refractivity contribution in [2.45, 2.75) is 0 Å². The van der Waals surface area contributed by atoms with Crippen LogP contribution in [0, 0.1) is 0 Å². The van der Waals surface area contributed by atoms with E-state index in [0.717, 1.165) is 11.1 Å². The number of aromatic amines is 2. The summed E-state index contributed by atoms with van der Waals surface area (Å²) in [5, 5.41) is 1.27. The first-order chi connectivity index (χ1) is 11.7. The molecule has 8 heteroatoms. The van der Waals surface area contributed by atoms with Gasteiger partial charge >= 0.3 is 0 Å². The standard InChI is InChI=1S/C16H13N5O2S/c22-14(11-9-19-13-10(11)3-1-5-17-13)20-16-21(7-8-24-16)12-4-2-6-18-15(12)23/h1-6,9H,7-8H2,(H,17,19)(H,18,23). The van der Waals surface area contributed by atoms with Crippen LogP contribution in [0.5, 0.6) is 0 Å². The number of aromatic nitrogens is 3. The lowest BCUT2D eigenvalue weighted by atomic mass is 10.2. The quantitative estimate of drug-likeness (QED) is 0.745. The van der Waals surface area contributed by atoms with Gasteiger partial charge in [-0.2, -0.15) is 4.99 Å². The predicted octanol–water partition coefficient (Wildman–Crippen LogP) is 2.00. The molecule has 7 nitrogen and oxygen atoms in total. The summed E-state index contributed by atoms with van der Waals surface area (Å²) in [5.74, 6) is 0.423. The molecule has 1 aliphatic heterocycles. The molecule has 4 rings (SSSR count). The Bertz CT molecular complexity index is 1010. The molecule has 1 fully saturated rings. The first-order valence-corrected chi connectivity index (χ1v) is 8.36. The SMILES string of the molecule is O=C(N=C1SCCN1c1ccc[nH]c1=O)c1c[nH]c2ncccc12. The van der Waals surface area contributed by atoms with Gasteiger partial charge in [0.05, 0.1) is 5.56 Å². The second-order valence-electron chi connectivity index (χ2n) is 5.19. The van der Waals surface area contributed by atoms with Crippen molar-refractivity contribution >= 4 is 39.6 Å². The largest absolute Gasteiger partial charge is 0.345 e. The summed E-state index contributed by atoms with van der Waals surface area (Å²) in [6.07, 6.45) is 4.86. The minimum Gasteiger partial charge on any atom is -0.345 e. The van der Waals surface area contributed by atoms with Gasteiger partial charge in [-0.3, -0.25) is 9.59 Å². The zero-order valence-corrected chi connectivity index (χ0v) is 13.3. The van der Waals surface area contributed by atoms with Crippen LogP contribution in [-0.4, -0.2) is 38.3 Å². The van der Waals surface area contributed by atoms with Crippen LogP contribution in [0.4, 0.5) is 5.69 Å². The third-order valence-corrected chi connectivity index (χ3v) is 4.70. The normalized spacial score (nSPS) is 16.2. The summed E-state index contributed by atoms with van der Waals surface area (Å²) in [7, 11) is 0. The molecular weight excluding hydrogens is 326 g/mol. The molecule has 1 saturated heterocycles. The second kappa shape index (κ2) is 5.97. The maximum Gasteiger partial charge on any atom is 0.281 e. The van der Waals surface area contributed by atoms with Crippen molar-refractivity contribution in [2.75, 3.05) is 17.2 Å². The number of thioether (sulfide) groups is 1. The topological polar surface area (TPSA) is 94.2 Å². The maximum absolute atomic E-state index is 12.6. The number of aliphatic imine (C=N–C) groups is 1. The Morgan fingerprint density at radius 1 is 1.29 bits per heavy atom. The number of amides is 1. The number of hydrogen-bond donors (Lipinski definition) is 2. The summed E-state index contributed by atoms with van der Waals surface area (Å²) in [4.78, 5) is 40.3. The molecule has 0 aliphatic carbocycles. The molecule has 0 unspecified atom stereocenters. The third-order valence-electron chi connectivity index (χ3n) is 3.74. The van der Waals surface area contributed by atoms with Gasteiger partial charge in [-0.05, 0) is 24.3 Å². The number of anilines is 1. The molecule has 3 aromatic rings. The summed E-state index contributed by atoms with van der Waals surface area (Å²) in [5.41, 5.74) is 1.42. The van der Waals surface area contributed by atoms with Crippen LogP contribution < -0.4 is 10.5 Å². The molecule has 0 atom stereocenters. The van der Waals surface area contributed by atoms with Gasteiger partial charge in [0.2, 0.25) is 0 Å². The van der Waals surface area contributed by atoms with E-state index in [1.807, 2.05) is 6.07 Å². The lowest BCUT2D eigenvalue weighted by molar-refractivity contribution is 0.100. The Balaban J connectivity index is 1.70. The van der Waals surface area contributed by atoms with Crippen LogP contribution >= 0.6 is 11.8 Å². The minimum absolute atomic E-state index is 0.198. The number of pyridine rings is 2. The fraction of sp³-hybridized carbons (Fsp3) is 0.125. The number of carbonyl (C=O) groups is 1. The van der Waals surface area contributed by atoms with E-state index >= 15 is 0 Å². The fourth-order valence-electron chi connectivity index (χ4n) is 2.62. The van der Waals surface area contributed by atoms with E-state index in [2.05, 4.69) is 19.9 Å². The van der Waals surface area contributed by atoms with Crippen molar-refractivity contribution in [3.63, 3.8) is 0 Å². The molecule has 1 amide bonds. The lowest BCUT2D eigenvalue weighted by Crippen LogP contribution is -2.30. The van der Waals surface area contributed by atoms with E-state index in [9.17, 15) is 9.59 Å². The maximum atomic E-state index is 12.6. The fourth-order valence-corrected chi connectivity index (χ4v) is 3.57. The molecule has 4 heterocycles. The molecule has 0 saturated carbocycles. The monoisotopic (exact) mass is 339 g/mol. The van der Waals surface area contributed by atoms with Crippen molar-refractivity contribution in [1.29, 1.82) is 0 Å². The highest BCUT2D eigenvalue weighted by atomic mass is 32.2.